The molecule has 1 aliphatic carbocycles. The molecule has 2 heteroatoms. The Morgan fingerprint density at radius 2 is 2.00 bits per heavy atom. The van der Waals surface area contributed by atoms with Crippen LogP contribution in [0.1, 0.15) is 26.2 Å². The minimum Gasteiger partial charge on any atom is -0.308 e. The molecular formula is C10H20N2. The molecule has 2 aliphatic rings. The van der Waals surface area contributed by atoms with Gasteiger partial charge < -0.3 is 10.2 Å². The normalized spacial score (nSPS) is 38.5. The fourth-order valence-corrected chi connectivity index (χ4v) is 2.50. The second kappa shape index (κ2) is 3.35. The van der Waals surface area contributed by atoms with Crippen LogP contribution in [0.5, 0.6) is 0 Å². The molecule has 1 saturated carbocycles. The van der Waals surface area contributed by atoms with Gasteiger partial charge >= 0.3 is 0 Å². The Hall–Kier alpha value is -0.0800. The van der Waals surface area contributed by atoms with Crippen LogP contribution in [-0.2, 0) is 0 Å². The lowest BCUT2D eigenvalue weighted by Gasteiger charge is -2.39. The summed E-state index contributed by atoms with van der Waals surface area (Å²) in [5.41, 5.74) is 0. The van der Waals surface area contributed by atoms with Crippen LogP contribution in [0.3, 0.4) is 0 Å². The van der Waals surface area contributed by atoms with Gasteiger partial charge in [0.1, 0.15) is 0 Å². The summed E-state index contributed by atoms with van der Waals surface area (Å²) in [5.74, 6) is 0.913. The fourth-order valence-electron chi connectivity index (χ4n) is 2.50. The Kier molecular flexibility index (Phi) is 2.37. The van der Waals surface area contributed by atoms with Crippen molar-refractivity contribution in [1.82, 2.24) is 10.2 Å². The zero-order valence-corrected chi connectivity index (χ0v) is 8.21. The third-order valence-corrected chi connectivity index (χ3v) is 3.38. The van der Waals surface area contributed by atoms with Gasteiger partial charge in [-0.15, -0.1) is 0 Å². The molecule has 70 valence electrons. The third-order valence-electron chi connectivity index (χ3n) is 3.38. The molecule has 1 aliphatic heterocycles. The van der Waals surface area contributed by atoms with Crippen LogP contribution >= 0.6 is 0 Å². The first-order valence-corrected chi connectivity index (χ1v) is 5.20. The largest absolute Gasteiger partial charge is 0.308 e. The van der Waals surface area contributed by atoms with Crippen LogP contribution in [0.4, 0.5) is 0 Å². The number of rotatable bonds is 2. The van der Waals surface area contributed by atoms with Crippen molar-refractivity contribution in [2.24, 2.45) is 5.92 Å². The van der Waals surface area contributed by atoms with Gasteiger partial charge in [-0.1, -0.05) is 13.3 Å². The molecule has 1 heterocycles. The highest BCUT2D eigenvalue weighted by Gasteiger charge is 2.29. The number of likely N-dealkylation sites (N-methyl/N-ethyl adjacent to an activating group) is 1. The van der Waals surface area contributed by atoms with Gasteiger partial charge in [0.15, 0.2) is 0 Å². The van der Waals surface area contributed by atoms with E-state index in [4.69, 9.17) is 0 Å². The van der Waals surface area contributed by atoms with E-state index in [0.717, 1.165) is 18.0 Å². The van der Waals surface area contributed by atoms with Gasteiger partial charge in [0.25, 0.3) is 0 Å². The first kappa shape index (κ1) is 8.52. The van der Waals surface area contributed by atoms with Crippen LogP contribution in [0, 0.1) is 5.92 Å². The minimum absolute atomic E-state index is 0.792. The Morgan fingerprint density at radius 3 is 2.50 bits per heavy atom. The molecule has 0 radical (unpaired) electrons. The van der Waals surface area contributed by atoms with E-state index in [2.05, 4.69) is 24.2 Å². The molecule has 0 aromatic heterocycles. The van der Waals surface area contributed by atoms with E-state index in [1.54, 1.807) is 0 Å². The van der Waals surface area contributed by atoms with Crippen LogP contribution in [0.15, 0.2) is 0 Å². The summed E-state index contributed by atoms with van der Waals surface area (Å²) in [6.45, 7) is 4.89. The van der Waals surface area contributed by atoms with E-state index in [1.165, 1.54) is 32.4 Å². The monoisotopic (exact) mass is 168 g/mol. The minimum atomic E-state index is 0.792. The van der Waals surface area contributed by atoms with E-state index in [0.29, 0.717) is 0 Å². The molecule has 2 rings (SSSR count). The first-order valence-electron chi connectivity index (χ1n) is 5.20. The second-order valence-electron chi connectivity index (χ2n) is 4.60. The molecule has 2 atom stereocenters. The Balaban J connectivity index is 1.72. The number of nitrogens with one attached hydrogen (secondary N) is 1. The number of hydrogen-bond donors (Lipinski definition) is 1. The van der Waals surface area contributed by atoms with Crippen LogP contribution < -0.4 is 5.32 Å². The molecule has 0 spiro atoms. The van der Waals surface area contributed by atoms with E-state index in [9.17, 15) is 0 Å². The predicted octanol–water partition coefficient (Wildman–Crippen LogP) is 1.08. The molecule has 0 amide bonds. The number of hydrogen-bond acceptors (Lipinski definition) is 2. The van der Waals surface area contributed by atoms with Crippen molar-refractivity contribution in [3.05, 3.63) is 0 Å². The molecule has 2 fully saturated rings. The summed E-state index contributed by atoms with van der Waals surface area (Å²) in [7, 11) is 2.19. The molecular weight excluding hydrogens is 148 g/mol. The van der Waals surface area contributed by atoms with Crippen molar-refractivity contribution in [3.63, 3.8) is 0 Å². The molecule has 2 unspecified atom stereocenters. The average molecular weight is 168 g/mol. The molecule has 0 aromatic rings. The Morgan fingerprint density at radius 1 is 1.25 bits per heavy atom. The average Bonchev–Trinajstić information content (AvgIpc) is 2.33. The second-order valence-corrected chi connectivity index (χ2v) is 4.60. The van der Waals surface area contributed by atoms with Crippen molar-refractivity contribution in [3.8, 4) is 0 Å². The van der Waals surface area contributed by atoms with Gasteiger partial charge in [-0.2, -0.15) is 0 Å². The summed E-state index contributed by atoms with van der Waals surface area (Å²) in [4.78, 5) is 2.37. The molecule has 0 bridgehead atoms. The van der Waals surface area contributed by atoms with Crippen molar-refractivity contribution >= 4 is 0 Å². The Bertz CT molecular complexity index is 152. The summed E-state index contributed by atoms with van der Waals surface area (Å²) >= 11 is 0. The van der Waals surface area contributed by atoms with Crippen molar-refractivity contribution in [2.75, 3.05) is 20.1 Å². The maximum absolute atomic E-state index is 3.75. The smallest absolute Gasteiger partial charge is 0.0324 e. The SMILES string of the molecule is CC1CCCC1NC1CN(C)C1. The lowest BCUT2D eigenvalue weighted by atomic mass is 10.0. The summed E-state index contributed by atoms with van der Waals surface area (Å²) in [6, 6.07) is 1.62. The fraction of sp³-hybridized carbons (Fsp3) is 1.00. The predicted molar refractivity (Wildman–Crippen MR) is 51.2 cm³/mol. The van der Waals surface area contributed by atoms with Gasteiger partial charge in [0, 0.05) is 25.2 Å². The van der Waals surface area contributed by atoms with E-state index >= 15 is 0 Å². The molecule has 12 heavy (non-hydrogen) atoms. The van der Waals surface area contributed by atoms with E-state index < -0.39 is 0 Å². The molecule has 1 N–H and O–H groups in total. The van der Waals surface area contributed by atoms with Crippen LogP contribution in [0.25, 0.3) is 0 Å². The molecule has 0 aromatic carbocycles. The Labute approximate surface area is 75.3 Å². The number of likely N-dealkylation sites (tertiary alicyclic amines) is 1. The van der Waals surface area contributed by atoms with Gasteiger partial charge in [-0.25, -0.2) is 0 Å². The summed E-state index contributed by atoms with van der Waals surface area (Å²) in [5, 5.41) is 3.75. The highest BCUT2D eigenvalue weighted by Crippen LogP contribution is 2.25. The summed E-state index contributed by atoms with van der Waals surface area (Å²) in [6.07, 6.45) is 4.27. The highest BCUT2D eigenvalue weighted by atomic mass is 15.2. The highest BCUT2D eigenvalue weighted by molar-refractivity contribution is 4.89. The topological polar surface area (TPSA) is 15.3 Å². The maximum Gasteiger partial charge on any atom is 0.0324 e. The zero-order chi connectivity index (χ0) is 8.55. The molecule has 1 saturated heterocycles. The standard InChI is InChI=1S/C10H20N2/c1-8-4-3-5-10(8)11-9-6-12(2)7-9/h8-11H,3-7H2,1-2H3. The first-order chi connectivity index (χ1) is 5.75. The maximum atomic E-state index is 3.75. The van der Waals surface area contributed by atoms with Gasteiger partial charge in [0.05, 0.1) is 0 Å². The van der Waals surface area contributed by atoms with Crippen LogP contribution in [0.2, 0.25) is 0 Å². The lowest BCUT2D eigenvalue weighted by Crippen LogP contribution is -2.58. The van der Waals surface area contributed by atoms with Crippen molar-refractivity contribution in [1.29, 1.82) is 0 Å². The summed E-state index contributed by atoms with van der Waals surface area (Å²) < 4.78 is 0. The van der Waals surface area contributed by atoms with Crippen LogP contribution in [-0.4, -0.2) is 37.1 Å². The quantitative estimate of drug-likeness (QED) is 0.663. The van der Waals surface area contributed by atoms with Gasteiger partial charge in [0.2, 0.25) is 0 Å². The van der Waals surface area contributed by atoms with Crippen molar-refractivity contribution in [2.45, 2.75) is 38.3 Å². The van der Waals surface area contributed by atoms with E-state index in [-0.39, 0.29) is 0 Å². The zero-order valence-electron chi connectivity index (χ0n) is 8.21. The molecule has 2 nitrogen and oxygen atoms in total. The number of nitrogens with zero attached hydrogens (tertiary/aromatic N) is 1. The third kappa shape index (κ3) is 1.64. The van der Waals surface area contributed by atoms with Crippen molar-refractivity contribution < 1.29 is 0 Å². The van der Waals surface area contributed by atoms with Gasteiger partial charge in [-0.05, 0) is 25.8 Å². The lowest BCUT2D eigenvalue weighted by molar-refractivity contribution is 0.145. The van der Waals surface area contributed by atoms with E-state index in [1.807, 2.05) is 0 Å². The van der Waals surface area contributed by atoms with Gasteiger partial charge in [-0.3, -0.25) is 0 Å².